The van der Waals surface area contributed by atoms with E-state index in [0.29, 0.717) is 54.0 Å². The van der Waals surface area contributed by atoms with Gasteiger partial charge in [-0.05, 0) is 58.2 Å². The average molecular weight is 646 g/mol. The molecule has 5 rings (SSSR count). The number of aldehydes is 2. The van der Waals surface area contributed by atoms with Crippen molar-refractivity contribution in [1.29, 1.82) is 0 Å². The van der Waals surface area contributed by atoms with Crippen LogP contribution in [0.15, 0.2) is 97.1 Å². The summed E-state index contributed by atoms with van der Waals surface area (Å²) in [6, 6.07) is 26.0. The predicted octanol–water partition coefficient (Wildman–Crippen LogP) is 5.35. The topological polar surface area (TPSA) is 128 Å². The molecule has 0 aromatic heterocycles. The van der Waals surface area contributed by atoms with Crippen molar-refractivity contribution >= 4 is 35.8 Å². The number of anilines is 1. The molecule has 9 nitrogen and oxygen atoms in total. The third-order valence-electron chi connectivity index (χ3n) is 8.51. The Morgan fingerprint density at radius 3 is 2.52 bits per heavy atom. The van der Waals surface area contributed by atoms with Gasteiger partial charge in [-0.3, -0.25) is 9.59 Å². The molecule has 1 heterocycles. The van der Waals surface area contributed by atoms with Crippen molar-refractivity contribution in [2.45, 2.75) is 18.6 Å². The highest BCUT2D eigenvalue weighted by atomic mass is 16.5. The number of methoxy groups -OCH3 is 1. The molecule has 0 fully saturated rings. The van der Waals surface area contributed by atoms with Gasteiger partial charge in [-0.15, -0.1) is 0 Å². The monoisotopic (exact) mass is 645 g/mol. The third kappa shape index (κ3) is 7.54. The first-order valence-electron chi connectivity index (χ1n) is 15.7. The van der Waals surface area contributed by atoms with E-state index in [1.54, 1.807) is 43.3 Å². The lowest BCUT2D eigenvalue weighted by atomic mass is 9.90. The van der Waals surface area contributed by atoms with Crippen molar-refractivity contribution in [2.75, 3.05) is 39.1 Å². The maximum atomic E-state index is 13.5. The molecule has 1 aliphatic rings. The number of rotatable bonds is 14. The van der Waals surface area contributed by atoms with Crippen molar-refractivity contribution < 1.29 is 29.3 Å². The number of ether oxygens (including phenoxy) is 1. The lowest BCUT2D eigenvalue weighted by Crippen LogP contribution is -2.29. The first kappa shape index (κ1) is 33.8. The van der Waals surface area contributed by atoms with Crippen LogP contribution in [0.3, 0.4) is 0 Å². The molecule has 48 heavy (non-hydrogen) atoms. The fourth-order valence-electron chi connectivity index (χ4n) is 6.01. The van der Waals surface area contributed by atoms with Gasteiger partial charge < -0.3 is 35.3 Å². The van der Waals surface area contributed by atoms with Crippen LogP contribution in [0.1, 0.15) is 55.8 Å². The van der Waals surface area contributed by atoms with Gasteiger partial charge in [-0.2, -0.15) is 0 Å². The molecule has 4 aromatic rings. The number of benzene rings is 4. The quantitative estimate of drug-likeness (QED) is 0.0822. The maximum Gasteiger partial charge on any atom is 0.254 e. The van der Waals surface area contributed by atoms with Crippen molar-refractivity contribution in [3.05, 3.63) is 136 Å². The average Bonchev–Trinajstić information content (AvgIpc) is 3.62. The molecular formula is C39H39N3O6. The van der Waals surface area contributed by atoms with Crippen molar-refractivity contribution in [3.8, 4) is 11.5 Å². The molecule has 4 aromatic carbocycles. The van der Waals surface area contributed by atoms with Crippen LogP contribution in [0.4, 0.5) is 5.69 Å². The van der Waals surface area contributed by atoms with Gasteiger partial charge >= 0.3 is 0 Å². The van der Waals surface area contributed by atoms with Crippen LogP contribution in [-0.2, 0) is 16.1 Å². The van der Waals surface area contributed by atoms with Crippen LogP contribution in [0.25, 0.3) is 11.6 Å². The number of aliphatic hydroxyl groups excluding tert-OH is 1. The van der Waals surface area contributed by atoms with Gasteiger partial charge in [-0.25, -0.2) is 0 Å². The fourth-order valence-corrected chi connectivity index (χ4v) is 6.01. The zero-order valence-electron chi connectivity index (χ0n) is 26.9. The largest absolute Gasteiger partial charge is 0.506 e. The molecule has 4 N–H and O–H groups in total. The number of nitrogens with zero attached hydrogens (tertiary/aromatic N) is 1. The third-order valence-corrected chi connectivity index (χ3v) is 8.51. The Morgan fingerprint density at radius 2 is 1.79 bits per heavy atom. The number of carbonyl (C=O) groups is 3. The summed E-state index contributed by atoms with van der Waals surface area (Å²) in [5.74, 6) is 0.0643. The van der Waals surface area contributed by atoms with Crippen molar-refractivity contribution in [3.63, 3.8) is 0 Å². The molecule has 0 aliphatic carbocycles. The highest BCUT2D eigenvalue weighted by molar-refractivity contribution is 5.96. The van der Waals surface area contributed by atoms with Crippen LogP contribution in [0, 0.1) is 0 Å². The van der Waals surface area contributed by atoms with Gasteiger partial charge in [0.2, 0.25) is 0 Å². The minimum atomic E-state index is -0.934. The molecule has 0 saturated heterocycles. The Kier molecular flexibility index (Phi) is 11.2. The van der Waals surface area contributed by atoms with Gasteiger partial charge in [0.25, 0.3) is 5.91 Å². The van der Waals surface area contributed by atoms with Crippen LogP contribution in [-0.4, -0.2) is 67.4 Å². The Bertz CT molecular complexity index is 1840. The van der Waals surface area contributed by atoms with E-state index in [4.69, 9.17) is 4.74 Å². The molecule has 0 spiro atoms. The van der Waals surface area contributed by atoms with E-state index in [1.165, 1.54) is 12.1 Å². The van der Waals surface area contributed by atoms with Gasteiger partial charge in [0.1, 0.15) is 24.1 Å². The zero-order valence-corrected chi connectivity index (χ0v) is 26.9. The predicted molar refractivity (Wildman–Crippen MR) is 187 cm³/mol. The summed E-state index contributed by atoms with van der Waals surface area (Å²) in [5.41, 5.74) is 6.62. The van der Waals surface area contributed by atoms with Gasteiger partial charge in [0.05, 0.1) is 24.8 Å². The van der Waals surface area contributed by atoms with Crippen molar-refractivity contribution in [2.24, 2.45) is 0 Å². The number of nitrogens with one attached hydrogen (secondary N) is 2. The number of phenols is 1. The highest BCUT2D eigenvalue weighted by Gasteiger charge is 2.24. The number of carbonyl (C=O) groups excluding carboxylic acids is 3. The summed E-state index contributed by atoms with van der Waals surface area (Å²) in [6.07, 6.45) is 5.55. The molecule has 0 bridgehead atoms. The van der Waals surface area contributed by atoms with E-state index < -0.39 is 6.10 Å². The second-order valence-corrected chi connectivity index (χ2v) is 11.4. The number of hydrogen-bond acceptors (Lipinski definition) is 8. The van der Waals surface area contributed by atoms with E-state index >= 15 is 0 Å². The molecule has 0 radical (unpaired) electrons. The summed E-state index contributed by atoms with van der Waals surface area (Å²) >= 11 is 0. The smallest absolute Gasteiger partial charge is 0.254 e. The second kappa shape index (κ2) is 15.9. The summed E-state index contributed by atoms with van der Waals surface area (Å²) in [5, 5.41) is 27.3. The minimum Gasteiger partial charge on any atom is -0.506 e. The fraction of sp³-hybridized carbons (Fsp3) is 0.205. The molecule has 1 aliphatic heterocycles. The zero-order chi connectivity index (χ0) is 34.0. The lowest BCUT2D eigenvalue weighted by molar-refractivity contribution is -0.108. The van der Waals surface area contributed by atoms with Crippen LogP contribution < -0.4 is 15.4 Å². The first-order valence-corrected chi connectivity index (χ1v) is 15.7. The van der Waals surface area contributed by atoms with E-state index in [0.717, 1.165) is 34.1 Å². The van der Waals surface area contributed by atoms with Crippen LogP contribution in [0.5, 0.6) is 11.5 Å². The number of phenolic OH excluding ortho intramolecular Hbond substituents is 1. The molecule has 1 amide bonds. The van der Waals surface area contributed by atoms with E-state index in [1.807, 2.05) is 66.7 Å². The molecule has 246 valence electrons. The first-order chi connectivity index (χ1) is 23.4. The molecule has 0 saturated carbocycles. The number of aromatic hydroxyl groups is 1. The molecular weight excluding hydrogens is 606 g/mol. The molecule has 9 heteroatoms. The van der Waals surface area contributed by atoms with Gasteiger partial charge in [-0.1, -0.05) is 72.8 Å². The Morgan fingerprint density at radius 1 is 1.00 bits per heavy atom. The maximum absolute atomic E-state index is 13.5. The minimum absolute atomic E-state index is 0.00744. The number of hydrogen-bond donors (Lipinski definition) is 4. The lowest BCUT2D eigenvalue weighted by Gasteiger charge is -2.20. The SMILES string of the molecule is CNc1c(O)ccc(C(O)CNCc2ccc(C(=O)N3CC=C(c4cccc(C(C=O)c5ccccc5)c4)C3)cc2OC)c1/C=C\C=O. The van der Waals surface area contributed by atoms with E-state index in [-0.39, 0.29) is 24.1 Å². The normalized spacial score (nSPS) is 14.0. The summed E-state index contributed by atoms with van der Waals surface area (Å²) in [4.78, 5) is 38.3. The Labute approximate surface area is 280 Å². The van der Waals surface area contributed by atoms with Crippen LogP contribution >= 0.6 is 0 Å². The van der Waals surface area contributed by atoms with E-state index in [2.05, 4.69) is 10.6 Å². The molecule has 2 atom stereocenters. The van der Waals surface area contributed by atoms with Crippen molar-refractivity contribution in [1.82, 2.24) is 10.2 Å². The standard InChI is InChI=1S/C39H39N3O6/c1-40-38-33(12-7-19-43)32(15-16-35(38)45)36(46)23-41-22-30-14-13-29(21-37(30)48-2)39(47)42-18-17-31(24-42)27-10-6-11-28(20-27)34(25-44)26-8-4-3-5-9-26/h3-17,19-21,25,34,36,40-41,45-46H,18,22-24H2,1-2H3/b12-7-. The molecule has 2 unspecified atom stereocenters. The van der Waals surface area contributed by atoms with Crippen LogP contribution in [0.2, 0.25) is 0 Å². The number of aliphatic hydroxyl groups is 1. The second-order valence-electron chi connectivity index (χ2n) is 11.4. The Balaban J connectivity index is 1.22. The van der Waals surface area contributed by atoms with E-state index in [9.17, 15) is 24.6 Å². The van der Waals surface area contributed by atoms with Gasteiger partial charge in [0, 0.05) is 49.9 Å². The summed E-state index contributed by atoms with van der Waals surface area (Å²) in [7, 11) is 3.20. The highest BCUT2D eigenvalue weighted by Crippen LogP contribution is 2.34. The number of allylic oxidation sites excluding steroid dienone is 1. The van der Waals surface area contributed by atoms with Gasteiger partial charge in [0.15, 0.2) is 0 Å². The number of amides is 1. The Hall–Kier alpha value is -5.51. The summed E-state index contributed by atoms with van der Waals surface area (Å²) in [6.45, 7) is 1.46. The summed E-state index contributed by atoms with van der Waals surface area (Å²) < 4.78 is 5.63.